The maximum atomic E-state index is 11.9. The lowest BCUT2D eigenvalue weighted by atomic mass is 10.1. The molecule has 0 saturated heterocycles. The predicted molar refractivity (Wildman–Crippen MR) is 99.4 cm³/mol. The first-order valence-corrected chi connectivity index (χ1v) is 8.93. The minimum atomic E-state index is -0.567. The predicted octanol–water partition coefficient (Wildman–Crippen LogP) is 3.30. The van der Waals surface area contributed by atoms with E-state index in [1.165, 1.54) is 11.1 Å². The van der Waals surface area contributed by atoms with E-state index in [1.54, 1.807) is 6.07 Å². The maximum absolute atomic E-state index is 11.9. The summed E-state index contributed by atoms with van der Waals surface area (Å²) in [5.41, 5.74) is 4.45. The molecule has 0 fully saturated rings. The molecule has 0 aromatic heterocycles. The smallest absolute Gasteiger partial charge is 0.344 e. The van der Waals surface area contributed by atoms with Gasteiger partial charge in [-0.3, -0.25) is 4.79 Å². The van der Waals surface area contributed by atoms with Gasteiger partial charge in [0, 0.05) is 5.69 Å². The lowest BCUT2D eigenvalue weighted by molar-refractivity contribution is -0.149. The molecule has 5 nitrogen and oxygen atoms in total. The SMILES string of the molecule is CCc1cccc(NC(=O)COC(=O)COc2ccc3c(c2)CCC3)c1. The first kappa shape index (κ1) is 18.0. The summed E-state index contributed by atoms with van der Waals surface area (Å²) in [5, 5.41) is 2.72. The van der Waals surface area contributed by atoms with Crippen LogP contribution < -0.4 is 10.1 Å². The molecular formula is C21H23NO4. The highest BCUT2D eigenvalue weighted by Crippen LogP contribution is 2.25. The van der Waals surface area contributed by atoms with Gasteiger partial charge in [-0.15, -0.1) is 0 Å². The maximum Gasteiger partial charge on any atom is 0.344 e. The van der Waals surface area contributed by atoms with E-state index < -0.39 is 5.97 Å². The summed E-state index contributed by atoms with van der Waals surface area (Å²) in [5.74, 6) is -0.282. The third-order valence-corrected chi connectivity index (χ3v) is 4.41. The van der Waals surface area contributed by atoms with Crippen molar-refractivity contribution in [2.24, 2.45) is 0 Å². The summed E-state index contributed by atoms with van der Waals surface area (Å²) in [4.78, 5) is 23.7. The molecular weight excluding hydrogens is 330 g/mol. The summed E-state index contributed by atoms with van der Waals surface area (Å²) >= 11 is 0. The molecule has 5 heteroatoms. The average Bonchev–Trinajstić information content (AvgIpc) is 3.12. The summed E-state index contributed by atoms with van der Waals surface area (Å²) < 4.78 is 10.4. The fraction of sp³-hybridized carbons (Fsp3) is 0.333. The number of carbonyl (C=O) groups is 2. The van der Waals surface area contributed by atoms with Crippen molar-refractivity contribution in [3.8, 4) is 5.75 Å². The number of anilines is 1. The van der Waals surface area contributed by atoms with Crippen LogP contribution in [0.25, 0.3) is 0 Å². The number of benzene rings is 2. The topological polar surface area (TPSA) is 64.6 Å². The van der Waals surface area contributed by atoms with Crippen LogP contribution in [0.4, 0.5) is 5.69 Å². The van der Waals surface area contributed by atoms with Crippen molar-refractivity contribution in [3.63, 3.8) is 0 Å². The molecule has 2 aromatic carbocycles. The van der Waals surface area contributed by atoms with Gasteiger partial charge in [-0.05, 0) is 66.6 Å². The van der Waals surface area contributed by atoms with E-state index >= 15 is 0 Å². The Bertz CT molecular complexity index is 800. The van der Waals surface area contributed by atoms with Crippen LogP contribution in [0.1, 0.15) is 30.0 Å². The normalized spacial score (nSPS) is 12.3. The minimum absolute atomic E-state index is 0.211. The summed E-state index contributed by atoms with van der Waals surface area (Å²) in [6.07, 6.45) is 4.21. The highest BCUT2D eigenvalue weighted by Gasteiger charge is 2.13. The molecule has 1 amide bonds. The van der Waals surface area contributed by atoms with E-state index in [-0.39, 0.29) is 19.1 Å². The number of nitrogens with one attached hydrogen (secondary N) is 1. The molecule has 0 unspecified atom stereocenters. The van der Waals surface area contributed by atoms with Crippen molar-refractivity contribution >= 4 is 17.6 Å². The monoisotopic (exact) mass is 353 g/mol. The van der Waals surface area contributed by atoms with Crippen LogP contribution >= 0.6 is 0 Å². The third-order valence-electron chi connectivity index (χ3n) is 4.41. The summed E-state index contributed by atoms with van der Waals surface area (Å²) in [6.45, 7) is 1.50. The van der Waals surface area contributed by atoms with Crippen LogP contribution in [0.15, 0.2) is 42.5 Å². The fourth-order valence-corrected chi connectivity index (χ4v) is 3.03. The van der Waals surface area contributed by atoms with E-state index in [0.29, 0.717) is 11.4 Å². The molecule has 1 aliphatic carbocycles. The van der Waals surface area contributed by atoms with Crippen molar-refractivity contribution in [2.75, 3.05) is 18.5 Å². The molecule has 0 atom stereocenters. The van der Waals surface area contributed by atoms with Gasteiger partial charge in [0.05, 0.1) is 0 Å². The van der Waals surface area contributed by atoms with Gasteiger partial charge in [0.25, 0.3) is 5.91 Å². The van der Waals surface area contributed by atoms with Crippen molar-refractivity contribution in [1.82, 2.24) is 0 Å². The van der Waals surface area contributed by atoms with E-state index in [0.717, 1.165) is 31.2 Å². The van der Waals surface area contributed by atoms with Crippen molar-refractivity contribution in [2.45, 2.75) is 32.6 Å². The highest BCUT2D eigenvalue weighted by molar-refractivity contribution is 5.92. The summed E-state index contributed by atoms with van der Waals surface area (Å²) in [6, 6.07) is 13.5. The van der Waals surface area contributed by atoms with E-state index in [2.05, 4.69) is 5.32 Å². The van der Waals surface area contributed by atoms with Crippen LogP contribution in [-0.4, -0.2) is 25.1 Å². The number of carbonyl (C=O) groups excluding carboxylic acids is 2. The molecule has 0 radical (unpaired) electrons. The molecule has 136 valence electrons. The van der Waals surface area contributed by atoms with Gasteiger partial charge < -0.3 is 14.8 Å². The van der Waals surface area contributed by atoms with Gasteiger partial charge in [0.15, 0.2) is 13.2 Å². The lowest BCUT2D eigenvalue weighted by Crippen LogP contribution is -2.23. The summed E-state index contributed by atoms with van der Waals surface area (Å²) in [7, 11) is 0. The van der Waals surface area contributed by atoms with Gasteiger partial charge in [-0.2, -0.15) is 0 Å². The molecule has 26 heavy (non-hydrogen) atoms. The van der Waals surface area contributed by atoms with Crippen molar-refractivity contribution < 1.29 is 19.1 Å². The molecule has 0 heterocycles. The first-order chi connectivity index (χ1) is 12.6. The Labute approximate surface area is 153 Å². The van der Waals surface area contributed by atoms with Crippen LogP contribution in [0, 0.1) is 0 Å². The zero-order valence-electron chi connectivity index (χ0n) is 14.9. The Hall–Kier alpha value is -2.82. The number of hydrogen-bond acceptors (Lipinski definition) is 4. The zero-order chi connectivity index (χ0) is 18.4. The number of esters is 1. The van der Waals surface area contributed by atoms with Crippen molar-refractivity contribution in [3.05, 3.63) is 59.2 Å². The Kier molecular flexibility index (Phi) is 5.89. The molecule has 0 bridgehead atoms. The number of amides is 1. The Morgan fingerprint density at radius 3 is 2.73 bits per heavy atom. The second-order valence-electron chi connectivity index (χ2n) is 6.34. The third kappa shape index (κ3) is 4.85. The van der Waals surface area contributed by atoms with Crippen LogP contribution in [0.2, 0.25) is 0 Å². The molecule has 1 N–H and O–H groups in total. The fourth-order valence-electron chi connectivity index (χ4n) is 3.03. The number of fused-ring (bicyclic) bond motifs is 1. The van der Waals surface area contributed by atoms with Crippen LogP contribution in [-0.2, 0) is 33.6 Å². The highest BCUT2D eigenvalue weighted by atomic mass is 16.6. The van der Waals surface area contributed by atoms with E-state index in [1.807, 2.05) is 43.3 Å². The standard InChI is InChI=1S/C21H23NO4/c1-2-15-5-3-8-18(11-15)22-20(23)13-26-21(24)14-25-19-10-9-16-6-4-7-17(16)12-19/h3,5,8-12H,2,4,6-7,13-14H2,1H3,(H,22,23). The average molecular weight is 353 g/mol. The molecule has 0 aliphatic heterocycles. The number of aryl methyl sites for hydroxylation is 3. The number of ether oxygens (including phenoxy) is 2. The second kappa shape index (κ2) is 8.52. The van der Waals surface area contributed by atoms with Crippen LogP contribution in [0.3, 0.4) is 0 Å². The van der Waals surface area contributed by atoms with Crippen LogP contribution in [0.5, 0.6) is 5.75 Å². The van der Waals surface area contributed by atoms with E-state index in [4.69, 9.17) is 9.47 Å². The van der Waals surface area contributed by atoms with Gasteiger partial charge in [0.1, 0.15) is 5.75 Å². The molecule has 2 aromatic rings. The van der Waals surface area contributed by atoms with Gasteiger partial charge in [0.2, 0.25) is 0 Å². The number of hydrogen-bond donors (Lipinski definition) is 1. The van der Waals surface area contributed by atoms with Gasteiger partial charge >= 0.3 is 5.97 Å². The Balaban J connectivity index is 1.41. The lowest BCUT2D eigenvalue weighted by Gasteiger charge is -2.09. The molecule has 1 aliphatic rings. The van der Waals surface area contributed by atoms with Crippen molar-refractivity contribution in [1.29, 1.82) is 0 Å². The first-order valence-electron chi connectivity index (χ1n) is 8.93. The molecule has 0 saturated carbocycles. The zero-order valence-corrected chi connectivity index (χ0v) is 14.9. The van der Waals surface area contributed by atoms with Gasteiger partial charge in [-0.1, -0.05) is 25.1 Å². The largest absolute Gasteiger partial charge is 0.482 e. The second-order valence-corrected chi connectivity index (χ2v) is 6.34. The molecule has 0 spiro atoms. The molecule has 3 rings (SSSR count). The minimum Gasteiger partial charge on any atom is -0.482 e. The number of rotatable bonds is 7. The van der Waals surface area contributed by atoms with E-state index in [9.17, 15) is 9.59 Å². The quantitative estimate of drug-likeness (QED) is 0.776. The van der Waals surface area contributed by atoms with Gasteiger partial charge in [-0.25, -0.2) is 4.79 Å². The Morgan fingerprint density at radius 1 is 1.04 bits per heavy atom. The Morgan fingerprint density at radius 2 is 1.88 bits per heavy atom.